The molecule has 19 heavy (non-hydrogen) atoms. The Kier molecular flexibility index (Phi) is 1.98. The Hall–Kier alpha value is -2.08. The van der Waals surface area contributed by atoms with Gasteiger partial charge in [-0.3, -0.25) is 0 Å². The Morgan fingerprint density at radius 1 is 1.00 bits per heavy atom. The molecule has 4 rings (SSSR count). The van der Waals surface area contributed by atoms with Crippen molar-refractivity contribution in [1.82, 2.24) is 0 Å². The lowest BCUT2D eigenvalue weighted by Gasteiger charge is -2.20. The van der Waals surface area contributed by atoms with Crippen LogP contribution in [0.4, 0.5) is 0 Å². The van der Waals surface area contributed by atoms with E-state index in [9.17, 15) is 0 Å². The lowest BCUT2D eigenvalue weighted by molar-refractivity contribution is 0.599. The van der Waals surface area contributed by atoms with Crippen LogP contribution in [0, 0.1) is 11.5 Å². The largest absolute Gasteiger partial charge is 0.0738 e. The van der Waals surface area contributed by atoms with Gasteiger partial charge in [0.15, 0.2) is 0 Å². The first-order valence-corrected chi connectivity index (χ1v) is 6.73. The Balaban J connectivity index is 2.20. The number of benzene rings is 2. The fourth-order valence-electron chi connectivity index (χ4n) is 3.03. The highest BCUT2D eigenvalue weighted by atomic mass is 14.2. The summed E-state index contributed by atoms with van der Waals surface area (Å²) in [7, 11) is 0. The zero-order valence-corrected chi connectivity index (χ0v) is 11.2. The van der Waals surface area contributed by atoms with E-state index in [-0.39, 0.29) is 5.41 Å². The van der Waals surface area contributed by atoms with Crippen molar-refractivity contribution in [2.45, 2.75) is 13.8 Å². The molecule has 2 aromatic rings. The standard InChI is InChI=1S/C19H15/c1-19(2)10-9-17-15(12-19)11-14-8-7-13-5-3-4-6-16(13)18(14)17/h3-11H,1-2H3. The van der Waals surface area contributed by atoms with Crippen molar-refractivity contribution in [2.24, 2.45) is 5.41 Å². The molecule has 0 nitrogen and oxygen atoms in total. The minimum absolute atomic E-state index is 0.0349. The first-order chi connectivity index (χ1) is 9.14. The van der Waals surface area contributed by atoms with Crippen LogP contribution in [0.25, 0.3) is 22.4 Å². The first kappa shape index (κ1) is 10.8. The van der Waals surface area contributed by atoms with Gasteiger partial charge < -0.3 is 0 Å². The van der Waals surface area contributed by atoms with Crippen LogP contribution < -0.4 is 10.4 Å². The van der Waals surface area contributed by atoms with E-state index >= 15 is 0 Å². The van der Waals surface area contributed by atoms with E-state index in [0.29, 0.717) is 0 Å². The molecule has 2 aromatic carbocycles. The Bertz CT molecular complexity index is 874. The van der Waals surface area contributed by atoms with Gasteiger partial charge in [-0.15, -0.1) is 0 Å². The minimum atomic E-state index is 0.0349. The van der Waals surface area contributed by atoms with Crippen LogP contribution in [0.5, 0.6) is 0 Å². The molecule has 2 aliphatic carbocycles. The van der Waals surface area contributed by atoms with Crippen LogP contribution in [0.15, 0.2) is 54.1 Å². The lowest BCUT2D eigenvalue weighted by atomic mass is 9.84. The number of hydrogen-bond acceptors (Lipinski definition) is 0. The summed E-state index contributed by atoms with van der Waals surface area (Å²) in [5.41, 5.74) is 2.61. The second kappa shape index (κ2) is 3.48. The fourth-order valence-corrected chi connectivity index (χ4v) is 3.03. The van der Waals surface area contributed by atoms with Crippen LogP contribution >= 0.6 is 0 Å². The van der Waals surface area contributed by atoms with Crippen molar-refractivity contribution in [3.05, 3.63) is 70.6 Å². The van der Waals surface area contributed by atoms with E-state index in [1.54, 1.807) is 0 Å². The second-order valence-electron chi connectivity index (χ2n) is 5.90. The van der Waals surface area contributed by atoms with Gasteiger partial charge >= 0.3 is 0 Å². The van der Waals surface area contributed by atoms with Crippen molar-refractivity contribution in [1.29, 1.82) is 0 Å². The predicted octanol–water partition coefficient (Wildman–Crippen LogP) is 3.11. The Morgan fingerprint density at radius 2 is 1.84 bits per heavy atom. The molecule has 0 fully saturated rings. The first-order valence-electron chi connectivity index (χ1n) is 6.73. The van der Waals surface area contributed by atoms with E-state index in [0.717, 1.165) is 0 Å². The van der Waals surface area contributed by atoms with E-state index in [4.69, 9.17) is 0 Å². The average Bonchev–Trinajstić information content (AvgIpc) is 2.74. The SMILES string of the molecule is CC1(C)[C]=C2C=c3ccc4ccccc4c3=C2C=C1. The average molecular weight is 243 g/mol. The fraction of sp³-hybridized carbons (Fsp3) is 0.158. The molecule has 0 N–H and O–H groups in total. The summed E-state index contributed by atoms with van der Waals surface area (Å²) in [5.74, 6) is 0. The summed E-state index contributed by atoms with van der Waals surface area (Å²) < 4.78 is 0. The third kappa shape index (κ3) is 1.53. The molecule has 0 aromatic heterocycles. The van der Waals surface area contributed by atoms with E-state index in [1.165, 1.54) is 32.4 Å². The van der Waals surface area contributed by atoms with E-state index in [1.807, 2.05) is 0 Å². The number of fused-ring (bicyclic) bond motifs is 4. The molecule has 2 aliphatic rings. The van der Waals surface area contributed by atoms with Gasteiger partial charge in [-0.25, -0.2) is 0 Å². The molecule has 0 saturated carbocycles. The molecule has 1 radical (unpaired) electrons. The molecule has 0 aliphatic heterocycles. The quantitative estimate of drug-likeness (QED) is 0.667. The van der Waals surface area contributed by atoms with Crippen molar-refractivity contribution < 1.29 is 0 Å². The van der Waals surface area contributed by atoms with Gasteiger partial charge in [0.25, 0.3) is 0 Å². The molecule has 91 valence electrons. The van der Waals surface area contributed by atoms with Crippen molar-refractivity contribution >= 4 is 22.4 Å². The topological polar surface area (TPSA) is 0 Å². The highest BCUT2D eigenvalue weighted by molar-refractivity contribution is 5.95. The predicted molar refractivity (Wildman–Crippen MR) is 80.7 cm³/mol. The summed E-state index contributed by atoms with van der Waals surface area (Å²) in [6.07, 6.45) is 10.4. The Morgan fingerprint density at radius 3 is 2.74 bits per heavy atom. The molecular weight excluding hydrogens is 228 g/mol. The van der Waals surface area contributed by atoms with E-state index in [2.05, 4.69) is 74.5 Å². The van der Waals surface area contributed by atoms with Gasteiger partial charge in [0.05, 0.1) is 0 Å². The number of hydrogen-bond donors (Lipinski definition) is 0. The number of allylic oxidation sites excluding steroid dienone is 4. The van der Waals surface area contributed by atoms with Crippen molar-refractivity contribution in [2.75, 3.05) is 0 Å². The molecule has 0 atom stereocenters. The third-order valence-corrected chi connectivity index (χ3v) is 3.94. The molecule has 0 unspecified atom stereocenters. The summed E-state index contributed by atoms with van der Waals surface area (Å²) in [4.78, 5) is 0. The van der Waals surface area contributed by atoms with Gasteiger partial charge in [0.2, 0.25) is 0 Å². The summed E-state index contributed by atoms with van der Waals surface area (Å²) in [6, 6.07) is 13.0. The van der Waals surface area contributed by atoms with Crippen molar-refractivity contribution in [3.8, 4) is 0 Å². The number of rotatable bonds is 0. The molecule has 0 heteroatoms. The minimum Gasteiger partial charge on any atom is -0.0738 e. The zero-order valence-electron chi connectivity index (χ0n) is 11.2. The molecule has 0 amide bonds. The van der Waals surface area contributed by atoms with Crippen LogP contribution in [-0.4, -0.2) is 0 Å². The second-order valence-corrected chi connectivity index (χ2v) is 5.90. The smallest absolute Gasteiger partial charge is 0.00880 e. The zero-order chi connectivity index (χ0) is 13.0. The Labute approximate surface area is 113 Å². The summed E-state index contributed by atoms with van der Waals surface area (Å²) in [6.45, 7) is 4.39. The van der Waals surface area contributed by atoms with Crippen LogP contribution in [-0.2, 0) is 0 Å². The van der Waals surface area contributed by atoms with Crippen molar-refractivity contribution in [3.63, 3.8) is 0 Å². The maximum atomic E-state index is 3.60. The summed E-state index contributed by atoms with van der Waals surface area (Å²) in [5, 5.41) is 5.33. The molecule has 0 heterocycles. The van der Waals surface area contributed by atoms with E-state index < -0.39 is 0 Å². The molecule has 0 bridgehead atoms. The normalized spacial score (nSPS) is 18.8. The lowest BCUT2D eigenvalue weighted by Crippen LogP contribution is -2.23. The van der Waals surface area contributed by atoms with Gasteiger partial charge in [-0.1, -0.05) is 62.4 Å². The maximum absolute atomic E-state index is 3.60. The van der Waals surface area contributed by atoms with Crippen LogP contribution in [0.1, 0.15) is 13.8 Å². The molecule has 0 spiro atoms. The van der Waals surface area contributed by atoms with Crippen LogP contribution in [0.2, 0.25) is 0 Å². The molecule has 0 saturated heterocycles. The molecular formula is C19H15. The van der Waals surface area contributed by atoms with Gasteiger partial charge in [-0.05, 0) is 44.5 Å². The highest BCUT2D eigenvalue weighted by Crippen LogP contribution is 2.31. The van der Waals surface area contributed by atoms with Gasteiger partial charge in [-0.2, -0.15) is 0 Å². The highest BCUT2D eigenvalue weighted by Gasteiger charge is 2.21. The van der Waals surface area contributed by atoms with Gasteiger partial charge in [0.1, 0.15) is 0 Å². The maximum Gasteiger partial charge on any atom is 0.00880 e. The third-order valence-electron chi connectivity index (χ3n) is 3.94. The van der Waals surface area contributed by atoms with Gasteiger partial charge in [0, 0.05) is 5.41 Å². The van der Waals surface area contributed by atoms with Crippen LogP contribution in [0.3, 0.4) is 0 Å². The summed E-state index contributed by atoms with van der Waals surface area (Å²) >= 11 is 0. The monoisotopic (exact) mass is 243 g/mol.